The molecule has 2 aromatic rings. The number of nitrogens with zero attached hydrogens (tertiary/aromatic N) is 1. The van der Waals surface area contributed by atoms with E-state index < -0.39 is 6.10 Å². The Morgan fingerprint density at radius 1 is 1.44 bits per heavy atom. The highest BCUT2D eigenvalue weighted by molar-refractivity contribution is 5.20. The van der Waals surface area contributed by atoms with Gasteiger partial charge in [-0.3, -0.25) is 0 Å². The van der Waals surface area contributed by atoms with Crippen molar-refractivity contribution in [1.82, 2.24) is 4.98 Å². The Morgan fingerprint density at radius 2 is 2.19 bits per heavy atom. The standard InChI is InChI=1S/C12H12FNO2/c1-8(15)11-7-14-12(16-11)6-9-4-2-3-5-10(9)13/h2-5,7-8,15H,6H2,1H3. The van der Waals surface area contributed by atoms with Gasteiger partial charge in [-0.2, -0.15) is 0 Å². The third-order valence-electron chi connectivity index (χ3n) is 2.28. The van der Waals surface area contributed by atoms with Crippen molar-refractivity contribution in [2.24, 2.45) is 0 Å². The van der Waals surface area contributed by atoms with Gasteiger partial charge in [0, 0.05) is 0 Å². The normalized spacial score (nSPS) is 12.7. The van der Waals surface area contributed by atoms with E-state index in [1.807, 2.05) is 0 Å². The molecule has 1 aromatic heterocycles. The Labute approximate surface area is 92.6 Å². The Kier molecular flexibility index (Phi) is 3.01. The third kappa shape index (κ3) is 2.28. The first-order valence-corrected chi connectivity index (χ1v) is 5.03. The van der Waals surface area contributed by atoms with Gasteiger partial charge in [-0.1, -0.05) is 18.2 Å². The van der Waals surface area contributed by atoms with Crippen LogP contribution in [0.4, 0.5) is 4.39 Å². The molecule has 1 atom stereocenters. The zero-order valence-electron chi connectivity index (χ0n) is 8.85. The number of hydrogen-bond acceptors (Lipinski definition) is 3. The minimum absolute atomic E-state index is 0.278. The predicted molar refractivity (Wildman–Crippen MR) is 56.3 cm³/mol. The molecular formula is C12H12FNO2. The van der Waals surface area contributed by atoms with Crippen molar-refractivity contribution in [2.75, 3.05) is 0 Å². The first-order valence-electron chi connectivity index (χ1n) is 5.03. The molecular weight excluding hydrogens is 209 g/mol. The maximum absolute atomic E-state index is 13.3. The van der Waals surface area contributed by atoms with E-state index in [0.29, 0.717) is 23.6 Å². The summed E-state index contributed by atoms with van der Waals surface area (Å²) >= 11 is 0. The zero-order valence-corrected chi connectivity index (χ0v) is 8.85. The number of hydrogen-bond donors (Lipinski definition) is 1. The molecule has 2 rings (SSSR count). The smallest absolute Gasteiger partial charge is 0.199 e. The van der Waals surface area contributed by atoms with Gasteiger partial charge in [0.25, 0.3) is 0 Å². The summed E-state index contributed by atoms with van der Waals surface area (Å²) < 4.78 is 18.6. The molecule has 0 aliphatic heterocycles. The van der Waals surface area contributed by atoms with Gasteiger partial charge in [0.05, 0.1) is 12.6 Å². The molecule has 1 heterocycles. The lowest BCUT2D eigenvalue weighted by molar-refractivity contribution is 0.167. The lowest BCUT2D eigenvalue weighted by Gasteiger charge is -1.99. The van der Waals surface area contributed by atoms with Gasteiger partial charge in [-0.25, -0.2) is 9.37 Å². The van der Waals surface area contributed by atoms with Gasteiger partial charge in [0.15, 0.2) is 11.7 Å². The molecule has 0 spiro atoms. The minimum Gasteiger partial charge on any atom is -0.443 e. The molecule has 0 saturated heterocycles. The SMILES string of the molecule is CC(O)c1cnc(Cc2ccccc2F)o1. The fourth-order valence-electron chi connectivity index (χ4n) is 1.40. The van der Waals surface area contributed by atoms with Crippen molar-refractivity contribution >= 4 is 0 Å². The number of aliphatic hydroxyl groups excluding tert-OH is 1. The molecule has 0 aliphatic carbocycles. The van der Waals surface area contributed by atoms with Crippen LogP contribution in [-0.2, 0) is 6.42 Å². The Morgan fingerprint density at radius 3 is 2.81 bits per heavy atom. The average molecular weight is 221 g/mol. The summed E-state index contributed by atoms with van der Waals surface area (Å²) in [5.41, 5.74) is 0.529. The number of benzene rings is 1. The molecule has 1 N–H and O–H groups in total. The lowest BCUT2D eigenvalue weighted by atomic mass is 10.1. The van der Waals surface area contributed by atoms with E-state index in [1.54, 1.807) is 25.1 Å². The van der Waals surface area contributed by atoms with Crippen molar-refractivity contribution in [1.29, 1.82) is 0 Å². The van der Waals surface area contributed by atoms with Crippen molar-refractivity contribution in [3.05, 3.63) is 53.5 Å². The molecule has 1 unspecified atom stereocenters. The van der Waals surface area contributed by atoms with Crippen LogP contribution in [0, 0.1) is 5.82 Å². The summed E-state index contributed by atoms with van der Waals surface area (Å²) in [5, 5.41) is 9.25. The summed E-state index contributed by atoms with van der Waals surface area (Å²) in [5.74, 6) is 0.520. The summed E-state index contributed by atoms with van der Waals surface area (Å²) in [7, 11) is 0. The Balaban J connectivity index is 2.18. The maximum atomic E-state index is 13.3. The number of halogens is 1. The highest BCUT2D eigenvalue weighted by Crippen LogP contribution is 2.17. The molecule has 0 saturated carbocycles. The van der Waals surface area contributed by atoms with E-state index in [1.165, 1.54) is 12.3 Å². The van der Waals surface area contributed by atoms with Crippen molar-refractivity contribution in [3.8, 4) is 0 Å². The van der Waals surface area contributed by atoms with Crippen LogP contribution in [0.15, 0.2) is 34.9 Å². The first-order chi connectivity index (χ1) is 7.66. The van der Waals surface area contributed by atoms with E-state index >= 15 is 0 Å². The summed E-state index contributed by atoms with van der Waals surface area (Å²) in [6.45, 7) is 1.59. The first kappa shape index (κ1) is 10.8. The van der Waals surface area contributed by atoms with Gasteiger partial charge < -0.3 is 9.52 Å². The summed E-state index contributed by atoms with van der Waals surface area (Å²) in [6.07, 6.45) is 1.06. The number of aromatic nitrogens is 1. The number of aliphatic hydroxyl groups is 1. The monoisotopic (exact) mass is 221 g/mol. The van der Waals surface area contributed by atoms with Gasteiger partial charge in [0.2, 0.25) is 0 Å². The van der Waals surface area contributed by atoms with Crippen molar-refractivity contribution in [2.45, 2.75) is 19.4 Å². The molecule has 0 aliphatic rings. The fraction of sp³-hybridized carbons (Fsp3) is 0.250. The van der Waals surface area contributed by atoms with Crippen LogP contribution in [-0.4, -0.2) is 10.1 Å². The second kappa shape index (κ2) is 4.45. The van der Waals surface area contributed by atoms with Crippen LogP contribution < -0.4 is 0 Å². The van der Waals surface area contributed by atoms with E-state index in [4.69, 9.17) is 4.42 Å². The van der Waals surface area contributed by atoms with Crippen molar-refractivity contribution < 1.29 is 13.9 Å². The van der Waals surface area contributed by atoms with Crippen LogP contribution >= 0.6 is 0 Å². The molecule has 16 heavy (non-hydrogen) atoms. The summed E-state index contributed by atoms with van der Waals surface area (Å²) in [6, 6.07) is 6.47. The molecule has 1 aromatic carbocycles. The summed E-state index contributed by atoms with van der Waals surface area (Å²) in [4.78, 5) is 3.98. The van der Waals surface area contributed by atoms with Gasteiger partial charge in [-0.05, 0) is 18.6 Å². The highest BCUT2D eigenvalue weighted by atomic mass is 19.1. The second-order valence-corrected chi connectivity index (χ2v) is 3.60. The topological polar surface area (TPSA) is 46.3 Å². The molecule has 3 nitrogen and oxygen atoms in total. The Bertz CT molecular complexity index is 479. The average Bonchev–Trinajstić information content (AvgIpc) is 2.70. The quantitative estimate of drug-likeness (QED) is 0.865. The number of oxazole rings is 1. The molecule has 84 valence electrons. The van der Waals surface area contributed by atoms with Crippen LogP contribution in [0.2, 0.25) is 0 Å². The van der Waals surface area contributed by atoms with Gasteiger partial charge >= 0.3 is 0 Å². The van der Waals surface area contributed by atoms with E-state index in [9.17, 15) is 9.50 Å². The highest BCUT2D eigenvalue weighted by Gasteiger charge is 2.10. The minimum atomic E-state index is -0.693. The van der Waals surface area contributed by atoms with Gasteiger partial charge in [-0.15, -0.1) is 0 Å². The van der Waals surface area contributed by atoms with Crippen LogP contribution in [0.3, 0.4) is 0 Å². The van der Waals surface area contributed by atoms with Gasteiger partial charge in [0.1, 0.15) is 11.9 Å². The molecule has 0 amide bonds. The maximum Gasteiger partial charge on any atom is 0.199 e. The molecule has 0 bridgehead atoms. The third-order valence-corrected chi connectivity index (χ3v) is 2.28. The van der Waals surface area contributed by atoms with E-state index in [-0.39, 0.29) is 5.82 Å². The molecule has 0 fully saturated rings. The van der Waals surface area contributed by atoms with E-state index in [2.05, 4.69) is 4.98 Å². The van der Waals surface area contributed by atoms with Crippen molar-refractivity contribution in [3.63, 3.8) is 0 Å². The predicted octanol–water partition coefficient (Wildman–Crippen LogP) is 2.46. The molecule has 4 heteroatoms. The van der Waals surface area contributed by atoms with Crippen LogP contribution in [0.5, 0.6) is 0 Å². The second-order valence-electron chi connectivity index (χ2n) is 3.60. The van der Waals surface area contributed by atoms with Crippen LogP contribution in [0.1, 0.15) is 30.2 Å². The van der Waals surface area contributed by atoms with Crippen LogP contribution in [0.25, 0.3) is 0 Å². The Hall–Kier alpha value is -1.68. The lowest BCUT2D eigenvalue weighted by Crippen LogP contribution is -1.92. The van der Waals surface area contributed by atoms with E-state index in [0.717, 1.165) is 0 Å². The number of rotatable bonds is 3. The molecule has 0 radical (unpaired) electrons. The zero-order chi connectivity index (χ0) is 11.5. The fourth-order valence-corrected chi connectivity index (χ4v) is 1.40. The largest absolute Gasteiger partial charge is 0.443 e.